The van der Waals surface area contributed by atoms with E-state index in [4.69, 9.17) is 10.5 Å². The van der Waals surface area contributed by atoms with E-state index in [0.29, 0.717) is 24.8 Å². The molecule has 1 aliphatic heterocycles. The van der Waals surface area contributed by atoms with Crippen LogP contribution in [0.4, 0.5) is 0 Å². The van der Waals surface area contributed by atoms with Crippen molar-refractivity contribution in [3.05, 3.63) is 29.3 Å². The van der Waals surface area contributed by atoms with Crippen molar-refractivity contribution < 1.29 is 9.53 Å². The van der Waals surface area contributed by atoms with E-state index in [2.05, 4.69) is 24.4 Å². The Balaban J connectivity index is 2.02. The van der Waals surface area contributed by atoms with Gasteiger partial charge in [0.15, 0.2) is 0 Å². The molecule has 1 aromatic carbocycles. The van der Waals surface area contributed by atoms with Crippen LogP contribution in [-0.4, -0.2) is 25.6 Å². The van der Waals surface area contributed by atoms with Crippen LogP contribution in [0.1, 0.15) is 36.8 Å². The van der Waals surface area contributed by atoms with Gasteiger partial charge in [-0.15, -0.1) is 0 Å². The van der Waals surface area contributed by atoms with Crippen molar-refractivity contribution in [3.8, 4) is 5.75 Å². The maximum absolute atomic E-state index is 12.1. The van der Waals surface area contributed by atoms with Crippen LogP contribution in [0.15, 0.2) is 18.2 Å². The van der Waals surface area contributed by atoms with E-state index >= 15 is 0 Å². The first kappa shape index (κ1) is 14.4. The SMILES string of the molecule is COc1ccc2c(c1)CCNC(=O)C[C@H]1[C@H](N)[C@@H](C)C[C@H]21. The molecule has 0 aromatic heterocycles. The van der Waals surface area contributed by atoms with Crippen LogP contribution in [0, 0.1) is 11.8 Å². The maximum Gasteiger partial charge on any atom is 0.220 e. The maximum atomic E-state index is 12.1. The van der Waals surface area contributed by atoms with Crippen molar-refractivity contribution >= 4 is 5.91 Å². The summed E-state index contributed by atoms with van der Waals surface area (Å²) in [6, 6.07) is 6.41. The Hall–Kier alpha value is -1.55. The lowest BCUT2D eigenvalue weighted by atomic mass is 9.83. The number of amides is 1. The first-order valence-corrected chi connectivity index (χ1v) is 7.79. The number of nitrogens with one attached hydrogen (secondary N) is 1. The average molecular weight is 288 g/mol. The van der Waals surface area contributed by atoms with Gasteiger partial charge in [0.1, 0.15) is 5.75 Å². The number of hydrogen-bond acceptors (Lipinski definition) is 3. The van der Waals surface area contributed by atoms with Gasteiger partial charge < -0.3 is 15.8 Å². The molecule has 114 valence electrons. The topological polar surface area (TPSA) is 64.3 Å². The first-order chi connectivity index (χ1) is 10.1. The van der Waals surface area contributed by atoms with Crippen LogP contribution < -0.4 is 15.8 Å². The van der Waals surface area contributed by atoms with Crippen LogP contribution in [-0.2, 0) is 11.2 Å². The zero-order chi connectivity index (χ0) is 15.0. The Morgan fingerprint density at radius 2 is 2.19 bits per heavy atom. The molecule has 4 nitrogen and oxygen atoms in total. The van der Waals surface area contributed by atoms with Gasteiger partial charge in [-0.1, -0.05) is 13.0 Å². The molecule has 4 heteroatoms. The van der Waals surface area contributed by atoms with Crippen LogP contribution in [0.5, 0.6) is 5.75 Å². The molecule has 21 heavy (non-hydrogen) atoms. The average Bonchev–Trinajstić information content (AvgIpc) is 2.77. The number of fused-ring (bicyclic) bond motifs is 3. The molecule has 3 N–H and O–H groups in total. The minimum atomic E-state index is 0.105. The summed E-state index contributed by atoms with van der Waals surface area (Å²) in [7, 11) is 1.69. The lowest BCUT2D eigenvalue weighted by Gasteiger charge is -2.23. The summed E-state index contributed by atoms with van der Waals surface area (Å²) in [6.07, 6.45) is 2.46. The second-order valence-corrected chi connectivity index (χ2v) is 6.43. The van der Waals surface area contributed by atoms with E-state index < -0.39 is 0 Å². The molecule has 2 aliphatic rings. The lowest BCUT2D eigenvalue weighted by Crippen LogP contribution is -2.35. The van der Waals surface area contributed by atoms with E-state index in [1.807, 2.05) is 6.07 Å². The molecule has 0 radical (unpaired) electrons. The van der Waals surface area contributed by atoms with Gasteiger partial charge >= 0.3 is 0 Å². The number of methoxy groups -OCH3 is 1. The fourth-order valence-electron chi connectivity index (χ4n) is 3.97. The molecule has 0 spiro atoms. The van der Waals surface area contributed by atoms with Crippen LogP contribution in [0.3, 0.4) is 0 Å². The molecule has 1 amide bonds. The van der Waals surface area contributed by atoms with Crippen molar-refractivity contribution in [2.24, 2.45) is 17.6 Å². The van der Waals surface area contributed by atoms with Crippen molar-refractivity contribution in [1.82, 2.24) is 5.32 Å². The van der Waals surface area contributed by atoms with E-state index in [0.717, 1.165) is 18.6 Å². The number of carbonyl (C=O) groups is 1. The zero-order valence-corrected chi connectivity index (χ0v) is 12.8. The standard InChI is InChI=1S/C17H24N2O2/c1-10-7-14-13-4-3-12(21-2)8-11(13)5-6-19-16(20)9-15(14)17(10)18/h3-4,8,10,14-15,17H,5-7,9,18H2,1-2H3,(H,19,20)/t10-,14+,15+,17+/m0/s1. The van der Waals surface area contributed by atoms with Gasteiger partial charge in [0.25, 0.3) is 0 Å². The summed E-state index contributed by atoms with van der Waals surface area (Å²) in [5, 5.41) is 3.02. The molecule has 1 heterocycles. The Labute approximate surface area is 126 Å². The van der Waals surface area contributed by atoms with Gasteiger partial charge in [-0.3, -0.25) is 4.79 Å². The van der Waals surface area contributed by atoms with Crippen LogP contribution >= 0.6 is 0 Å². The van der Waals surface area contributed by atoms with E-state index in [1.54, 1.807) is 7.11 Å². The molecular formula is C17H24N2O2. The predicted molar refractivity (Wildman–Crippen MR) is 82.3 cm³/mol. The number of carbonyl (C=O) groups excluding carboxylic acids is 1. The smallest absolute Gasteiger partial charge is 0.220 e. The molecule has 1 aliphatic carbocycles. The third-order valence-corrected chi connectivity index (χ3v) is 5.18. The van der Waals surface area contributed by atoms with Gasteiger partial charge in [-0.2, -0.15) is 0 Å². The minimum absolute atomic E-state index is 0.105. The van der Waals surface area contributed by atoms with E-state index in [1.165, 1.54) is 11.1 Å². The molecule has 0 saturated heterocycles. The molecule has 1 aromatic rings. The number of benzene rings is 1. The van der Waals surface area contributed by atoms with E-state index in [-0.39, 0.29) is 17.9 Å². The minimum Gasteiger partial charge on any atom is -0.497 e. The number of hydrogen-bond donors (Lipinski definition) is 2. The van der Waals surface area contributed by atoms with Crippen molar-refractivity contribution in [3.63, 3.8) is 0 Å². The lowest BCUT2D eigenvalue weighted by molar-refractivity contribution is -0.122. The summed E-state index contributed by atoms with van der Waals surface area (Å²) in [5.74, 6) is 2.10. The first-order valence-electron chi connectivity index (χ1n) is 7.79. The fourth-order valence-corrected chi connectivity index (χ4v) is 3.97. The predicted octanol–water partition coefficient (Wildman–Crippen LogP) is 1.82. The van der Waals surface area contributed by atoms with Gasteiger partial charge in [-0.05, 0) is 53.9 Å². The third-order valence-electron chi connectivity index (χ3n) is 5.18. The van der Waals surface area contributed by atoms with Gasteiger partial charge in [-0.25, -0.2) is 0 Å². The monoisotopic (exact) mass is 288 g/mol. The van der Waals surface area contributed by atoms with Crippen molar-refractivity contribution in [1.29, 1.82) is 0 Å². The van der Waals surface area contributed by atoms with Crippen molar-refractivity contribution in [2.45, 2.75) is 38.1 Å². The third kappa shape index (κ3) is 2.64. The summed E-state index contributed by atoms with van der Waals surface area (Å²) in [5.41, 5.74) is 9.02. The highest BCUT2D eigenvalue weighted by molar-refractivity contribution is 5.76. The van der Waals surface area contributed by atoms with E-state index in [9.17, 15) is 4.79 Å². The highest BCUT2D eigenvalue weighted by Crippen LogP contribution is 2.45. The molecule has 1 saturated carbocycles. The Morgan fingerprint density at radius 1 is 1.38 bits per heavy atom. The largest absolute Gasteiger partial charge is 0.497 e. The summed E-state index contributed by atoms with van der Waals surface area (Å²) >= 11 is 0. The van der Waals surface area contributed by atoms with Gasteiger partial charge in [0.05, 0.1) is 7.11 Å². The normalized spacial score (nSPS) is 32.2. The highest BCUT2D eigenvalue weighted by Gasteiger charge is 2.41. The molecule has 4 atom stereocenters. The number of rotatable bonds is 1. The second kappa shape index (κ2) is 5.68. The molecular weight excluding hydrogens is 264 g/mol. The highest BCUT2D eigenvalue weighted by atomic mass is 16.5. The Kier molecular flexibility index (Phi) is 3.89. The molecule has 3 rings (SSSR count). The number of nitrogens with two attached hydrogens (primary N) is 1. The van der Waals surface area contributed by atoms with Crippen LogP contribution in [0.2, 0.25) is 0 Å². The fraction of sp³-hybridized carbons (Fsp3) is 0.588. The van der Waals surface area contributed by atoms with Crippen molar-refractivity contribution in [2.75, 3.05) is 13.7 Å². The summed E-state index contributed by atoms with van der Waals surface area (Å²) < 4.78 is 5.35. The summed E-state index contributed by atoms with van der Waals surface area (Å²) in [4.78, 5) is 12.1. The zero-order valence-electron chi connectivity index (χ0n) is 12.8. The molecule has 1 fully saturated rings. The molecule has 0 bridgehead atoms. The summed E-state index contributed by atoms with van der Waals surface area (Å²) in [6.45, 7) is 2.88. The van der Waals surface area contributed by atoms with Crippen LogP contribution in [0.25, 0.3) is 0 Å². The van der Waals surface area contributed by atoms with Gasteiger partial charge in [0, 0.05) is 19.0 Å². The molecule has 0 unspecified atom stereocenters. The Morgan fingerprint density at radius 3 is 2.95 bits per heavy atom. The quantitative estimate of drug-likeness (QED) is 0.828. The number of ether oxygens (including phenoxy) is 1. The second-order valence-electron chi connectivity index (χ2n) is 6.43. The Bertz CT molecular complexity index is 544. The van der Waals surface area contributed by atoms with Gasteiger partial charge in [0.2, 0.25) is 5.91 Å².